The maximum Gasteiger partial charge on any atom is -0.0125 e. The lowest BCUT2D eigenvalue weighted by atomic mass is 9.79. The van der Waals surface area contributed by atoms with E-state index in [4.69, 9.17) is 0 Å². The minimum atomic E-state index is 0.0475. The van der Waals surface area contributed by atoms with Gasteiger partial charge in [-0.15, -0.1) is 0 Å². The van der Waals surface area contributed by atoms with E-state index < -0.39 is 0 Å². The molecule has 0 bridgehead atoms. The number of aryl methyl sites for hydroxylation is 6. The number of benzene rings is 4. The van der Waals surface area contributed by atoms with Crippen molar-refractivity contribution in [2.75, 3.05) is 0 Å². The molecule has 38 heavy (non-hydrogen) atoms. The Hall–Kier alpha value is -3.12. The van der Waals surface area contributed by atoms with Crippen molar-refractivity contribution < 1.29 is 0 Å². The molecular weight excluding hydrogens is 456 g/mol. The minimum absolute atomic E-state index is 0.0475. The largest absolute Gasteiger partial charge is 0.0561 e. The first-order valence-electron chi connectivity index (χ1n) is 14.0. The van der Waals surface area contributed by atoms with Crippen LogP contribution < -0.4 is 0 Å². The second-order valence-corrected chi connectivity index (χ2v) is 13.6. The summed E-state index contributed by atoms with van der Waals surface area (Å²) in [5.74, 6) is 0. The Morgan fingerprint density at radius 1 is 0.342 bits per heavy atom. The van der Waals surface area contributed by atoms with Gasteiger partial charge in [-0.05, 0) is 131 Å². The molecule has 0 heteroatoms. The first-order valence-corrected chi connectivity index (χ1v) is 14.0. The molecule has 0 aromatic heterocycles. The highest BCUT2D eigenvalue weighted by atomic mass is 14.3. The third-order valence-electron chi connectivity index (χ3n) is 7.86. The summed E-state index contributed by atoms with van der Waals surface area (Å²) in [5.41, 5.74) is 18.8. The molecule has 4 rings (SSSR count). The maximum atomic E-state index is 2.42. The van der Waals surface area contributed by atoms with Crippen LogP contribution in [-0.4, -0.2) is 0 Å². The van der Waals surface area contributed by atoms with Crippen molar-refractivity contribution in [2.45, 2.75) is 93.9 Å². The van der Waals surface area contributed by atoms with E-state index in [-0.39, 0.29) is 10.8 Å². The molecule has 0 amide bonds. The summed E-state index contributed by atoms with van der Waals surface area (Å²) in [6, 6.07) is 23.8. The number of hydrogen-bond donors (Lipinski definition) is 0. The first-order chi connectivity index (χ1) is 17.5. The quantitative estimate of drug-likeness (QED) is 0.261. The summed E-state index contributed by atoms with van der Waals surface area (Å²) in [6.07, 6.45) is 0. The van der Waals surface area contributed by atoms with Gasteiger partial charge in [0.25, 0.3) is 0 Å². The molecule has 4 aromatic carbocycles. The van der Waals surface area contributed by atoms with Crippen molar-refractivity contribution in [3.63, 3.8) is 0 Å². The Kier molecular flexibility index (Phi) is 7.26. The highest BCUT2D eigenvalue weighted by Gasteiger charge is 2.21. The van der Waals surface area contributed by atoms with Crippen molar-refractivity contribution in [2.24, 2.45) is 0 Å². The number of hydrogen-bond acceptors (Lipinski definition) is 0. The van der Waals surface area contributed by atoms with Gasteiger partial charge in [-0.1, -0.05) is 101 Å². The third-order valence-corrected chi connectivity index (χ3v) is 7.86. The number of rotatable bonds is 3. The van der Waals surface area contributed by atoms with Crippen molar-refractivity contribution >= 4 is 0 Å². The summed E-state index contributed by atoms with van der Waals surface area (Å²) in [4.78, 5) is 0. The molecule has 4 aromatic rings. The third kappa shape index (κ3) is 5.65. The zero-order chi connectivity index (χ0) is 28.2. The predicted octanol–water partition coefficient (Wildman–Crippen LogP) is 11.1. The van der Waals surface area contributed by atoms with Gasteiger partial charge in [0.2, 0.25) is 0 Å². The summed E-state index contributed by atoms with van der Waals surface area (Å²) < 4.78 is 0. The normalized spacial score (nSPS) is 12.2. The Labute approximate surface area is 232 Å². The first kappa shape index (κ1) is 27.9. The highest BCUT2D eigenvalue weighted by molar-refractivity contribution is 5.82. The molecule has 0 aliphatic carbocycles. The molecular formula is C38H46. The molecule has 0 heterocycles. The molecule has 0 fully saturated rings. The zero-order valence-corrected chi connectivity index (χ0v) is 25.8. The molecule has 0 saturated heterocycles. The van der Waals surface area contributed by atoms with E-state index in [1.165, 1.54) is 77.9 Å². The lowest BCUT2D eigenvalue weighted by Gasteiger charge is -2.25. The molecule has 0 unspecified atom stereocenters. The molecule has 0 saturated carbocycles. The Morgan fingerprint density at radius 3 is 0.868 bits per heavy atom. The van der Waals surface area contributed by atoms with Crippen LogP contribution in [0.4, 0.5) is 0 Å². The van der Waals surface area contributed by atoms with Crippen LogP contribution in [0.1, 0.15) is 86.1 Å². The van der Waals surface area contributed by atoms with Crippen molar-refractivity contribution in [1.82, 2.24) is 0 Å². The van der Waals surface area contributed by atoms with E-state index in [2.05, 4.69) is 144 Å². The molecule has 0 nitrogen and oxygen atoms in total. The Bertz CT molecular complexity index is 1350. The van der Waals surface area contributed by atoms with E-state index in [9.17, 15) is 0 Å². The molecule has 0 aliphatic rings. The molecule has 0 radical (unpaired) electrons. The van der Waals surface area contributed by atoms with Crippen LogP contribution in [0.25, 0.3) is 33.4 Å². The van der Waals surface area contributed by atoms with Crippen LogP contribution in [0.15, 0.2) is 60.7 Å². The van der Waals surface area contributed by atoms with Crippen LogP contribution in [0.5, 0.6) is 0 Å². The van der Waals surface area contributed by atoms with Gasteiger partial charge >= 0.3 is 0 Å². The van der Waals surface area contributed by atoms with E-state index >= 15 is 0 Å². The lowest BCUT2D eigenvalue weighted by molar-refractivity contribution is 0.589. The van der Waals surface area contributed by atoms with E-state index in [0.29, 0.717) is 0 Å². The summed E-state index contributed by atoms with van der Waals surface area (Å²) >= 11 is 0. The van der Waals surface area contributed by atoms with Crippen LogP contribution in [0, 0.1) is 41.5 Å². The predicted molar refractivity (Wildman–Crippen MR) is 169 cm³/mol. The van der Waals surface area contributed by atoms with Gasteiger partial charge in [-0.2, -0.15) is 0 Å². The van der Waals surface area contributed by atoms with Gasteiger partial charge in [0.15, 0.2) is 0 Å². The van der Waals surface area contributed by atoms with Crippen LogP contribution in [-0.2, 0) is 10.8 Å². The van der Waals surface area contributed by atoms with Crippen LogP contribution in [0.3, 0.4) is 0 Å². The topological polar surface area (TPSA) is 0 Å². The fourth-order valence-electron chi connectivity index (χ4n) is 6.01. The van der Waals surface area contributed by atoms with Crippen LogP contribution in [0.2, 0.25) is 0 Å². The lowest BCUT2D eigenvalue weighted by Crippen LogP contribution is -2.12. The van der Waals surface area contributed by atoms with Crippen molar-refractivity contribution in [3.8, 4) is 33.4 Å². The fourth-order valence-corrected chi connectivity index (χ4v) is 6.01. The molecule has 0 atom stereocenters. The van der Waals surface area contributed by atoms with Gasteiger partial charge in [0, 0.05) is 0 Å². The molecule has 0 spiro atoms. The highest BCUT2D eigenvalue weighted by Crippen LogP contribution is 2.40. The smallest absolute Gasteiger partial charge is 0.0125 e. The summed E-state index contributed by atoms with van der Waals surface area (Å²) in [6.45, 7) is 27.3. The second kappa shape index (κ2) is 9.88. The second-order valence-electron chi connectivity index (χ2n) is 13.6. The van der Waals surface area contributed by atoms with Gasteiger partial charge in [0.1, 0.15) is 0 Å². The monoisotopic (exact) mass is 502 g/mol. The minimum Gasteiger partial charge on any atom is -0.0561 e. The van der Waals surface area contributed by atoms with Crippen molar-refractivity contribution in [1.29, 1.82) is 0 Å². The summed E-state index contributed by atoms with van der Waals surface area (Å²) in [5, 5.41) is 0. The molecule has 198 valence electrons. The average molecular weight is 503 g/mol. The fraction of sp³-hybridized carbons (Fsp3) is 0.368. The van der Waals surface area contributed by atoms with Gasteiger partial charge in [0.05, 0.1) is 0 Å². The van der Waals surface area contributed by atoms with E-state index in [0.717, 1.165) is 0 Å². The summed E-state index contributed by atoms with van der Waals surface area (Å²) in [7, 11) is 0. The van der Waals surface area contributed by atoms with Crippen molar-refractivity contribution in [3.05, 3.63) is 105 Å². The zero-order valence-electron chi connectivity index (χ0n) is 25.8. The Morgan fingerprint density at radius 2 is 0.605 bits per heavy atom. The molecule has 0 N–H and O–H groups in total. The van der Waals surface area contributed by atoms with E-state index in [1.807, 2.05) is 0 Å². The van der Waals surface area contributed by atoms with Gasteiger partial charge in [-0.25, -0.2) is 0 Å². The standard InChI is InChI=1S/C38H46/c1-23-13-25(3)35(26(4)14-23)31-17-29(19-33(21-31)37(7,8)9)30-18-32(22-34(20-30)38(10,11)12)36-27(5)15-24(2)16-28(36)6/h13-22H,1-12H3. The molecule has 0 aliphatic heterocycles. The van der Waals surface area contributed by atoms with Gasteiger partial charge < -0.3 is 0 Å². The maximum absolute atomic E-state index is 2.42. The van der Waals surface area contributed by atoms with Crippen LogP contribution >= 0.6 is 0 Å². The Balaban J connectivity index is 2.05. The van der Waals surface area contributed by atoms with Gasteiger partial charge in [-0.3, -0.25) is 0 Å². The SMILES string of the molecule is Cc1cc(C)c(-c2cc(-c3cc(-c4c(C)cc(C)cc4C)cc(C(C)(C)C)c3)cc(C(C)(C)C)c2)c(C)c1. The van der Waals surface area contributed by atoms with E-state index in [1.54, 1.807) is 0 Å². The average Bonchev–Trinajstić information content (AvgIpc) is 2.76.